The Morgan fingerprint density at radius 3 is 1.98 bits per heavy atom. The second-order valence-electron chi connectivity index (χ2n) is 9.03. The first kappa shape index (κ1) is 32.3. The minimum absolute atomic E-state index is 0.124. The SMILES string of the molecule is C=C(/C=C/c1ccc(-c2ccccc2)cc1)NCC(=O)Nc1ccc(C)c(C(=C)c2ccccc2)c1.C=CC.CC. The van der Waals surface area contributed by atoms with Crippen LogP contribution in [0.25, 0.3) is 22.8 Å². The monoisotopic (exact) mass is 542 g/mol. The van der Waals surface area contributed by atoms with Gasteiger partial charge in [0.2, 0.25) is 5.91 Å². The highest BCUT2D eigenvalue weighted by Gasteiger charge is 2.09. The van der Waals surface area contributed by atoms with Crippen LogP contribution in [0, 0.1) is 6.92 Å². The Morgan fingerprint density at radius 1 is 0.805 bits per heavy atom. The zero-order chi connectivity index (χ0) is 30.0. The van der Waals surface area contributed by atoms with Crippen LogP contribution in [0.3, 0.4) is 0 Å². The molecule has 0 aliphatic rings. The number of anilines is 1. The number of rotatable bonds is 9. The van der Waals surface area contributed by atoms with Crippen molar-refractivity contribution in [3.8, 4) is 11.1 Å². The summed E-state index contributed by atoms with van der Waals surface area (Å²) in [6.45, 7) is 19.7. The van der Waals surface area contributed by atoms with E-state index in [0.29, 0.717) is 5.70 Å². The molecule has 0 unspecified atom stereocenters. The molecule has 3 nitrogen and oxygen atoms in total. The average molecular weight is 543 g/mol. The summed E-state index contributed by atoms with van der Waals surface area (Å²) in [5.74, 6) is -0.142. The molecule has 0 heterocycles. The van der Waals surface area contributed by atoms with E-state index in [2.05, 4.69) is 66.8 Å². The van der Waals surface area contributed by atoms with Crippen molar-refractivity contribution in [2.75, 3.05) is 11.9 Å². The van der Waals surface area contributed by atoms with Gasteiger partial charge in [-0.05, 0) is 71.0 Å². The van der Waals surface area contributed by atoms with Gasteiger partial charge in [0.15, 0.2) is 0 Å². The van der Waals surface area contributed by atoms with Crippen LogP contribution >= 0.6 is 0 Å². The van der Waals surface area contributed by atoms with Gasteiger partial charge in [-0.2, -0.15) is 0 Å². The summed E-state index contributed by atoms with van der Waals surface area (Å²) in [5.41, 5.74) is 8.93. The molecule has 0 radical (unpaired) electrons. The van der Waals surface area contributed by atoms with Crippen molar-refractivity contribution in [2.24, 2.45) is 0 Å². The minimum Gasteiger partial charge on any atom is -0.377 e. The van der Waals surface area contributed by atoms with E-state index in [1.165, 1.54) is 11.1 Å². The Bertz CT molecular complexity index is 1430. The zero-order valence-electron chi connectivity index (χ0n) is 24.8. The fourth-order valence-corrected chi connectivity index (χ4v) is 3.89. The Labute approximate surface area is 246 Å². The van der Waals surface area contributed by atoms with E-state index in [-0.39, 0.29) is 12.5 Å². The second kappa shape index (κ2) is 17.6. The highest BCUT2D eigenvalue weighted by molar-refractivity contribution is 5.93. The molecule has 0 fully saturated rings. The Hall–Kier alpha value is -4.89. The molecule has 0 saturated heterocycles. The molecular weight excluding hydrogens is 500 g/mol. The third-order valence-electron chi connectivity index (χ3n) is 5.94. The average Bonchev–Trinajstić information content (AvgIpc) is 3.02. The molecule has 41 heavy (non-hydrogen) atoms. The predicted molar refractivity (Wildman–Crippen MR) is 180 cm³/mol. The van der Waals surface area contributed by atoms with Crippen molar-refractivity contribution in [3.05, 3.63) is 163 Å². The van der Waals surface area contributed by atoms with Crippen molar-refractivity contribution in [2.45, 2.75) is 27.7 Å². The molecule has 0 bridgehead atoms. The fraction of sp³-hybridized carbons (Fsp3) is 0.132. The number of benzene rings is 4. The lowest BCUT2D eigenvalue weighted by molar-refractivity contribution is -0.115. The van der Waals surface area contributed by atoms with Crippen LogP contribution in [0.4, 0.5) is 5.69 Å². The molecule has 0 aliphatic carbocycles. The quantitative estimate of drug-likeness (QED) is 0.163. The van der Waals surface area contributed by atoms with Gasteiger partial charge in [-0.1, -0.05) is 130 Å². The van der Waals surface area contributed by atoms with Gasteiger partial charge in [-0.25, -0.2) is 0 Å². The van der Waals surface area contributed by atoms with Crippen LogP contribution in [-0.2, 0) is 4.79 Å². The molecule has 0 aromatic heterocycles. The molecule has 210 valence electrons. The van der Waals surface area contributed by atoms with Gasteiger partial charge in [0.1, 0.15) is 0 Å². The number of hydrogen-bond acceptors (Lipinski definition) is 2. The summed E-state index contributed by atoms with van der Waals surface area (Å²) < 4.78 is 0. The van der Waals surface area contributed by atoms with Crippen LogP contribution in [-0.4, -0.2) is 12.5 Å². The molecule has 3 heteroatoms. The Kier molecular flexibility index (Phi) is 13.9. The maximum atomic E-state index is 12.5. The summed E-state index contributed by atoms with van der Waals surface area (Å²) in [6, 6.07) is 34.5. The largest absolute Gasteiger partial charge is 0.377 e. The first-order chi connectivity index (χ1) is 19.9. The number of carbonyl (C=O) groups excluding carboxylic acids is 1. The highest BCUT2D eigenvalue weighted by Crippen LogP contribution is 2.27. The molecule has 0 spiro atoms. The summed E-state index contributed by atoms with van der Waals surface area (Å²) in [5, 5.41) is 6.03. The van der Waals surface area contributed by atoms with Gasteiger partial charge in [0.05, 0.1) is 6.54 Å². The Morgan fingerprint density at radius 2 is 1.37 bits per heavy atom. The second-order valence-corrected chi connectivity index (χ2v) is 9.03. The molecule has 2 N–H and O–H groups in total. The number of aryl methyl sites for hydroxylation is 1. The molecule has 0 atom stereocenters. The maximum absolute atomic E-state index is 12.5. The third kappa shape index (κ3) is 10.7. The molecule has 0 saturated carbocycles. The number of carbonyl (C=O) groups is 1. The van der Waals surface area contributed by atoms with E-state index >= 15 is 0 Å². The van der Waals surface area contributed by atoms with E-state index in [4.69, 9.17) is 0 Å². The third-order valence-corrected chi connectivity index (χ3v) is 5.94. The molecule has 4 aromatic rings. The maximum Gasteiger partial charge on any atom is 0.243 e. The van der Waals surface area contributed by atoms with Crippen LogP contribution in [0.2, 0.25) is 0 Å². The number of amides is 1. The number of allylic oxidation sites excluding steroid dienone is 2. The number of hydrogen-bond donors (Lipinski definition) is 2. The summed E-state index contributed by atoms with van der Waals surface area (Å²) in [4.78, 5) is 12.5. The Balaban J connectivity index is 0.00000110. The van der Waals surface area contributed by atoms with Crippen molar-refractivity contribution in [1.29, 1.82) is 0 Å². The molecule has 1 amide bonds. The van der Waals surface area contributed by atoms with E-state index in [1.807, 2.05) is 107 Å². The highest BCUT2D eigenvalue weighted by atomic mass is 16.1. The molecule has 4 rings (SSSR count). The fourth-order valence-electron chi connectivity index (χ4n) is 3.89. The summed E-state index contributed by atoms with van der Waals surface area (Å²) in [7, 11) is 0. The van der Waals surface area contributed by atoms with E-state index in [0.717, 1.165) is 33.5 Å². The summed E-state index contributed by atoms with van der Waals surface area (Å²) in [6.07, 6.45) is 5.60. The normalized spacial score (nSPS) is 9.85. The topological polar surface area (TPSA) is 41.1 Å². The standard InChI is InChI=1S/C33H30N2O.C3H6.C2H6/c1-24-14-21-31(22-32(24)26(3)28-10-6-4-7-11-28)35-33(36)23-34-25(2)15-16-27-17-19-30(20-18-27)29-12-8-5-9-13-29;1-3-2;1-2/h4-22,34H,2-3,23H2,1H3,(H,35,36);3H,1H2,2H3;1-2H3/b16-15+;;. The predicted octanol–water partition coefficient (Wildman–Crippen LogP) is 9.70. The summed E-state index contributed by atoms with van der Waals surface area (Å²) >= 11 is 0. The first-order valence-corrected chi connectivity index (χ1v) is 13.9. The van der Waals surface area contributed by atoms with E-state index in [9.17, 15) is 4.79 Å². The van der Waals surface area contributed by atoms with Gasteiger partial charge in [-0.3, -0.25) is 4.79 Å². The van der Waals surface area contributed by atoms with Gasteiger partial charge in [-0.15, -0.1) is 6.58 Å². The van der Waals surface area contributed by atoms with Crippen LogP contribution < -0.4 is 10.6 Å². The van der Waals surface area contributed by atoms with Crippen LogP contribution in [0.5, 0.6) is 0 Å². The molecule has 4 aromatic carbocycles. The minimum atomic E-state index is -0.142. The van der Waals surface area contributed by atoms with E-state index < -0.39 is 0 Å². The van der Waals surface area contributed by atoms with Crippen molar-refractivity contribution in [3.63, 3.8) is 0 Å². The van der Waals surface area contributed by atoms with Crippen molar-refractivity contribution in [1.82, 2.24) is 5.32 Å². The molecular formula is C38H42N2O. The zero-order valence-corrected chi connectivity index (χ0v) is 24.8. The first-order valence-electron chi connectivity index (χ1n) is 13.9. The van der Waals surface area contributed by atoms with Crippen LogP contribution in [0.15, 0.2) is 141 Å². The van der Waals surface area contributed by atoms with Gasteiger partial charge in [0, 0.05) is 11.4 Å². The number of nitrogens with one attached hydrogen (secondary N) is 2. The van der Waals surface area contributed by atoms with Gasteiger partial charge < -0.3 is 10.6 Å². The van der Waals surface area contributed by atoms with Gasteiger partial charge in [0.25, 0.3) is 0 Å². The van der Waals surface area contributed by atoms with E-state index in [1.54, 1.807) is 6.08 Å². The lowest BCUT2D eigenvalue weighted by atomic mass is 9.95. The lowest BCUT2D eigenvalue weighted by Crippen LogP contribution is -2.26. The smallest absolute Gasteiger partial charge is 0.243 e. The van der Waals surface area contributed by atoms with Gasteiger partial charge >= 0.3 is 0 Å². The lowest BCUT2D eigenvalue weighted by Gasteiger charge is -2.13. The van der Waals surface area contributed by atoms with Crippen molar-refractivity contribution < 1.29 is 4.79 Å². The van der Waals surface area contributed by atoms with Crippen molar-refractivity contribution >= 4 is 23.2 Å². The molecule has 0 aliphatic heterocycles. The van der Waals surface area contributed by atoms with Crippen LogP contribution in [0.1, 0.15) is 43.0 Å².